The van der Waals surface area contributed by atoms with Crippen LogP contribution in [-0.4, -0.2) is 57.4 Å². The van der Waals surface area contributed by atoms with E-state index in [0.29, 0.717) is 25.4 Å². The maximum absolute atomic E-state index is 12.0. The Balaban J connectivity index is 1.62. The van der Waals surface area contributed by atoms with Crippen LogP contribution >= 0.6 is 0 Å². The number of hydrogen-bond acceptors (Lipinski definition) is 6. The highest BCUT2D eigenvalue weighted by Crippen LogP contribution is 2.76. The second-order valence-corrected chi connectivity index (χ2v) is 15.6. The molecule has 4 fully saturated rings. The summed E-state index contributed by atoms with van der Waals surface area (Å²) >= 11 is 0. The molecule has 12 atom stereocenters. The fraction of sp³-hybridized carbons (Fsp3) is 0.906. The van der Waals surface area contributed by atoms with Crippen molar-refractivity contribution in [2.24, 2.45) is 56.7 Å². The Bertz CT molecular complexity index is 1000. The molecule has 6 heteroatoms. The topological polar surface area (TPSA) is 107 Å². The number of ether oxygens (including phenoxy) is 1. The zero-order valence-corrected chi connectivity index (χ0v) is 24.8. The van der Waals surface area contributed by atoms with E-state index in [0.717, 1.165) is 25.7 Å². The average Bonchev–Trinajstić information content (AvgIpc) is 3.12. The average molecular weight is 533 g/mol. The number of aliphatic hydroxyl groups excluding tert-OH is 4. The standard InChI is InChI=1S/C32H52O6/c1-17(2)20-13-22(35)26-31(8)10-9-19-25(30(31,7)11-12-32(20,26)16-38-18(3)33)21(34)14-24-28(4,5)27(37)23(36)15-29(19,24)6/h9,17,20-27,34-37H,10-16H2,1-8H3/t20-,21-,22+,23+,24?,25-,26?,27-,29+,30-,31+,32+/m0/s1. The van der Waals surface area contributed by atoms with Gasteiger partial charge in [0.1, 0.15) is 0 Å². The van der Waals surface area contributed by atoms with Crippen molar-refractivity contribution >= 4 is 5.97 Å². The van der Waals surface area contributed by atoms with E-state index in [9.17, 15) is 25.2 Å². The van der Waals surface area contributed by atoms with Gasteiger partial charge in [0.25, 0.3) is 0 Å². The van der Waals surface area contributed by atoms with Gasteiger partial charge in [-0.1, -0.05) is 60.1 Å². The molecule has 4 saturated carbocycles. The summed E-state index contributed by atoms with van der Waals surface area (Å²) in [4.78, 5) is 12.0. The van der Waals surface area contributed by atoms with Crippen molar-refractivity contribution in [1.29, 1.82) is 0 Å². The van der Waals surface area contributed by atoms with E-state index in [1.54, 1.807) is 0 Å². The minimum Gasteiger partial charge on any atom is -0.465 e. The quantitative estimate of drug-likeness (QED) is 0.315. The summed E-state index contributed by atoms with van der Waals surface area (Å²) in [5.74, 6) is 0.318. The summed E-state index contributed by atoms with van der Waals surface area (Å²) in [6.45, 7) is 17.2. The lowest BCUT2D eigenvalue weighted by Gasteiger charge is -2.70. The summed E-state index contributed by atoms with van der Waals surface area (Å²) in [5.41, 5.74) is -0.392. The summed E-state index contributed by atoms with van der Waals surface area (Å²) in [6, 6.07) is 0. The molecule has 0 aromatic heterocycles. The third-order valence-electron chi connectivity index (χ3n) is 13.4. The molecule has 5 aliphatic rings. The lowest BCUT2D eigenvalue weighted by molar-refractivity contribution is -0.223. The van der Waals surface area contributed by atoms with Crippen LogP contribution in [0, 0.1) is 56.7 Å². The maximum Gasteiger partial charge on any atom is 0.302 e. The fourth-order valence-electron chi connectivity index (χ4n) is 11.6. The second kappa shape index (κ2) is 8.77. The molecule has 0 saturated heterocycles. The number of fused-ring (bicyclic) bond motifs is 7. The molecule has 38 heavy (non-hydrogen) atoms. The molecule has 0 radical (unpaired) electrons. The highest BCUT2D eigenvalue weighted by atomic mass is 16.5. The number of rotatable bonds is 3. The van der Waals surface area contributed by atoms with Crippen molar-refractivity contribution in [1.82, 2.24) is 0 Å². The molecule has 0 aliphatic heterocycles. The molecular formula is C32H52O6. The lowest BCUT2D eigenvalue weighted by atomic mass is 9.35. The Morgan fingerprint density at radius 2 is 1.63 bits per heavy atom. The number of esters is 1. The Labute approximate surface area is 229 Å². The summed E-state index contributed by atoms with van der Waals surface area (Å²) in [6.07, 6.45) is 4.07. The van der Waals surface area contributed by atoms with Gasteiger partial charge in [0.05, 0.1) is 31.0 Å². The zero-order valence-electron chi connectivity index (χ0n) is 24.8. The molecular weight excluding hydrogens is 480 g/mol. The van der Waals surface area contributed by atoms with Crippen molar-refractivity contribution in [3.05, 3.63) is 11.6 Å². The SMILES string of the molecule is CC(=O)OC[C@@]12CC[C@@]3(C)[C@H]4C(=CC[C@]3(C)C1[C@H](O)C[C@H]2C(C)C)[C@@]1(C)C[C@@H](O)[C@H](O)C(C)(C)C1C[C@@H]4O. The lowest BCUT2D eigenvalue weighted by Crippen LogP contribution is -2.68. The normalized spacial score (nSPS) is 53.3. The minimum absolute atomic E-state index is 0.0359. The maximum atomic E-state index is 12.0. The van der Waals surface area contributed by atoms with Crippen molar-refractivity contribution in [3.8, 4) is 0 Å². The van der Waals surface area contributed by atoms with E-state index in [-0.39, 0.29) is 51.3 Å². The van der Waals surface area contributed by atoms with Gasteiger partial charge >= 0.3 is 5.97 Å². The molecule has 2 unspecified atom stereocenters. The van der Waals surface area contributed by atoms with Gasteiger partial charge in [-0.05, 0) is 77.9 Å². The monoisotopic (exact) mass is 532 g/mol. The van der Waals surface area contributed by atoms with Crippen LogP contribution < -0.4 is 0 Å². The van der Waals surface area contributed by atoms with Gasteiger partial charge in [0.15, 0.2) is 0 Å². The van der Waals surface area contributed by atoms with Crippen LogP contribution in [0.4, 0.5) is 0 Å². The van der Waals surface area contributed by atoms with Gasteiger partial charge in [-0.25, -0.2) is 0 Å². The second-order valence-electron chi connectivity index (χ2n) is 15.6. The summed E-state index contributed by atoms with van der Waals surface area (Å²) in [5, 5.41) is 45.6. The Kier molecular flexibility index (Phi) is 6.60. The first-order valence-corrected chi connectivity index (χ1v) is 15.0. The first-order valence-electron chi connectivity index (χ1n) is 15.0. The highest BCUT2D eigenvalue weighted by Gasteiger charge is 2.73. The molecule has 0 bridgehead atoms. The van der Waals surface area contributed by atoms with Crippen LogP contribution in [-0.2, 0) is 9.53 Å². The molecule has 0 heterocycles. The van der Waals surface area contributed by atoms with Crippen LogP contribution in [0.25, 0.3) is 0 Å². The van der Waals surface area contributed by atoms with E-state index in [4.69, 9.17) is 4.74 Å². The smallest absolute Gasteiger partial charge is 0.302 e. The van der Waals surface area contributed by atoms with Gasteiger partial charge < -0.3 is 25.2 Å². The molecule has 6 nitrogen and oxygen atoms in total. The highest BCUT2D eigenvalue weighted by molar-refractivity contribution is 5.66. The minimum atomic E-state index is -0.812. The predicted molar refractivity (Wildman–Crippen MR) is 146 cm³/mol. The Hall–Kier alpha value is -0.950. The van der Waals surface area contributed by atoms with Gasteiger partial charge in [-0.3, -0.25) is 4.79 Å². The number of carbonyl (C=O) groups excluding carboxylic acids is 1. The number of carbonyl (C=O) groups is 1. The zero-order chi connectivity index (χ0) is 28.2. The van der Waals surface area contributed by atoms with Gasteiger partial charge in [-0.15, -0.1) is 0 Å². The van der Waals surface area contributed by atoms with Crippen LogP contribution in [0.15, 0.2) is 11.6 Å². The van der Waals surface area contributed by atoms with E-state index < -0.39 is 29.8 Å². The third-order valence-corrected chi connectivity index (χ3v) is 13.4. The first-order chi connectivity index (χ1) is 17.5. The summed E-state index contributed by atoms with van der Waals surface area (Å²) < 4.78 is 5.77. The van der Waals surface area contributed by atoms with Crippen LogP contribution in [0.3, 0.4) is 0 Å². The van der Waals surface area contributed by atoms with Crippen molar-refractivity contribution in [2.75, 3.05) is 6.61 Å². The molecule has 0 amide bonds. The van der Waals surface area contributed by atoms with E-state index in [2.05, 4.69) is 40.7 Å². The Morgan fingerprint density at radius 3 is 2.24 bits per heavy atom. The largest absolute Gasteiger partial charge is 0.465 e. The number of allylic oxidation sites excluding steroid dienone is 1. The van der Waals surface area contributed by atoms with E-state index in [1.807, 2.05) is 13.8 Å². The molecule has 0 aromatic carbocycles. The molecule has 216 valence electrons. The van der Waals surface area contributed by atoms with E-state index in [1.165, 1.54) is 12.5 Å². The molecule has 0 aromatic rings. The van der Waals surface area contributed by atoms with Gasteiger partial charge in [0, 0.05) is 24.2 Å². The first kappa shape index (κ1) is 28.6. The molecule has 4 N–H and O–H groups in total. The molecule has 5 rings (SSSR count). The predicted octanol–water partition coefficient (Wildman–Crippen LogP) is 4.48. The van der Waals surface area contributed by atoms with Crippen LogP contribution in [0.2, 0.25) is 0 Å². The molecule has 5 aliphatic carbocycles. The molecule has 0 spiro atoms. The van der Waals surface area contributed by atoms with Crippen molar-refractivity contribution < 1.29 is 30.0 Å². The number of hydrogen-bond donors (Lipinski definition) is 4. The van der Waals surface area contributed by atoms with Crippen LogP contribution in [0.1, 0.15) is 93.9 Å². The summed E-state index contributed by atoms with van der Waals surface area (Å²) in [7, 11) is 0. The third kappa shape index (κ3) is 3.48. The van der Waals surface area contributed by atoms with Gasteiger partial charge in [-0.2, -0.15) is 0 Å². The van der Waals surface area contributed by atoms with Crippen molar-refractivity contribution in [2.45, 2.75) is 118 Å². The number of aliphatic hydroxyl groups is 4. The van der Waals surface area contributed by atoms with Crippen LogP contribution in [0.5, 0.6) is 0 Å². The Morgan fingerprint density at radius 1 is 0.974 bits per heavy atom. The van der Waals surface area contributed by atoms with E-state index >= 15 is 0 Å². The van der Waals surface area contributed by atoms with Gasteiger partial charge in [0.2, 0.25) is 0 Å². The van der Waals surface area contributed by atoms with Crippen molar-refractivity contribution in [3.63, 3.8) is 0 Å². The fourth-order valence-corrected chi connectivity index (χ4v) is 11.6.